The van der Waals surface area contributed by atoms with Crippen LogP contribution in [-0.4, -0.2) is 60.6 Å². The number of amides is 2. The first-order valence-electron chi connectivity index (χ1n) is 11.7. The summed E-state index contributed by atoms with van der Waals surface area (Å²) in [6.07, 6.45) is -0.0811. The van der Waals surface area contributed by atoms with Gasteiger partial charge in [-0.3, -0.25) is 9.59 Å². The third-order valence-electron chi connectivity index (χ3n) is 5.87. The largest absolute Gasteiger partial charge is 0.513 e. The van der Waals surface area contributed by atoms with E-state index in [1.807, 2.05) is 54.6 Å². The maximum atomic E-state index is 13.1. The molecular weight excluding hydrogens is 444 g/mol. The lowest BCUT2D eigenvalue weighted by molar-refractivity contribution is 0.0718. The highest BCUT2D eigenvalue weighted by molar-refractivity contribution is 5.96. The SMILES string of the molecule is CCOC(=O)Oc1ccc(C(=O)N2CCCN(C(=O)c3ccc(-c4ccccc4)cc3)CC2)cc1. The summed E-state index contributed by atoms with van der Waals surface area (Å²) in [4.78, 5) is 41.1. The standard InChI is InChI=1S/C28H28N2O5/c1-2-34-28(33)35-25-15-13-24(14-16-25)27(32)30-18-6-17-29(19-20-30)26(31)23-11-9-22(10-12-23)21-7-4-3-5-8-21/h3-5,7-16H,2,6,17-20H2,1H3. The minimum Gasteiger partial charge on any atom is -0.434 e. The fourth-order valence-corrected chi connectivity index (χ4v) is 4.03. The topological polar surface area (TPSA) is 76.2 Å². The molecule has 0 aliphatic carbocycles. The normalized spacial score (nSPS) is 13.6. The zero-order valence-electron chi connectivity index (χ0n) is 19.7. The van der Waals surface area contributed by atoms with Crippen LogP contribution in [0.5, 0.6) is 5.75 Å². The van der Waals surface area contributed by atoms with Gasteiger partial charge in [-0.1, -0.05) is 42.5 Å². The molecule has 0 atom stereocenters. The van der Waals surface area contributed by atoms with Gasteiger partial charge < -0.3 is 19.3 Å². The number of carbonyl (C=O) groups is 3. The zero-order chi connectivity index (χ0) is 24.6. The molecule has 180 valence electrons. The van der Waals surface area contributed by atoms with Crippen molar-refractivity contribution in [2.75, 3.05) is 32.8 Å². The number of carbonyl (C=O) groups excluding carboxylic acids is 3. The Morgan fingerprint density at radius 3 is 1.74 bits per heavy atom. The summed E-state index contributed by atoms with van der Waals surface area (Å²) in [6, 6.07) is 24.1. The summed E-state index contributed by atoms with van der Waals surface area (Å²) < 4.78 is 9.79. The Bertz CT molecular complexity index is 1160. The Kier molecular flexibility index (Phi) is 7.77. The molecule has 0 radical (unpaired) electrons. The van der Waals surface area contributed by atoms with Gasteiger partial charge in [0.25, 0.3) is 11.8 Å². The average Bonchev–Trinajstić information content (AvgIpc) is 3.15. The number of benzene rings is 3. The van der Waals surface area contributed by atoms with Crippen molar-refractivity contribution in [3.8, 4) is 16.9 Å². The highest BCUT2D eigenvalue weighted by atomic mass is 16.7. The van der Waals surface area contributed by atoms with Crippen LogP contribution < -0.4 is 4.74 Å². The third kappa shape index (κ3) is 6.06. The van der Waals surface area contributed by atoms with Crippen molar-refractivity contribution < 1.29 is 23.9 Å². The second-order valence-electron chi connectivity index (χ2n) is 8.19. The fourth-order valence-electron chi connectivity index (χ4n) is 4.03. The van der Waals surface area contributed by atoms with E-state index in [1.165, 1.54) is 0 Å². The monoisotopic (exact) mass is 472 g/mol. The van der Waals surface area contributed by atoms with E-state index in [-0.39, 0.29) is 18.4 Å². The van der Waals surface area contributed by atoms with E-state index in [2.05, 4.69) is 0 Å². The molecule has 0 unspecified atom stereocenters. The van der Waals surface area contributed by atoms with Gasteiger partial charge in [0.2, 0.25) is 0 Å². The predicted molar refractivity (Wildman–Crippen MR) is 132 cm³/mol. The van der Waals surface area contributed by atoms with Crippen LogP contribution in [0.15, 0.2) is 78.9 Å². The highest BCUT2D eigenvalue weighted by Crippen LogP contribution is 2.21. The van der Waals surface area contributed by atoms with Gasteiger partial charge in [0.15, 0.2) is 0 Å². The van der Waals surface area contributed by atoms with Gasteiger partial charge in [-0.25, -0.2) is 4.79 Å². The summed E-state index contributed by atoms with van der Waals surface area (Å²) in [6.45, 7) is 4.00. The Morgan fingerprint density at radius 1 is 0.686 bits per heavy atom. The van der Waals surface area contributed by atoms with Crippen molar-refractivity contribution >= 4 is 18.0 Å². The van der Waals surface area contributed by atoms with E-state index < -0.39 is 6.16 Å². The van der Waals surface area contributed by atoms with Crippen LogP contribution in [0, 0.1) is 0 Å². The first-order chi connectivity index (χ1) is 17.0. The van der Waals surface area contributed by atoms with Crippen LogP contribution in [0.2, 0.25) is 0 Å². The number of nitrogens with zero attached hydrogens (tertiary/aromatic N) is 2. The van der Waals surface area contributed by atoms with Crippen molar-refractivity contribution in [3.63, 3.8) is 0 Å². The van der Waals surface area contributed by atoms with Crippen LogP contribution in [0.1, 0.15) is 34.1 Å². The molecule has 4 rings (SSSR count). The van der Waals surface area contributed by atoms with Gasteiger partial charge in [0, 0.05) is 37.3 Å². The molecule has 2 amide bonds. The maximum absolute atomic E-state index is 13.1. The van der Waals surface area contributed by atoms with Crippen LogP contribution in [-0.2, 0) is 4.74 Å². The number of hydrogen-bond acceptors (Lipinski definition) is 5. The number of hydrogen-bond donors (Lipinski definition) is 0. The molecule has 0 bridgehead atoms. The quantitative estimate of drug-likeness (QED) is 0.391. The Hall–Kier alpha value is -4.13. The van der Waals surface area contributed by atoms with Gasteiger partial charge in [0.1, 0.15) is 5.75 Å². The van der Waals surface area contributed by atoms with Crippen molar-refractivity contribution in [2.45, 2.75) is 13.3 Å². The van der Waals surface area contributed by atoms with E-state index in [0.717, 1.165) is 11.1 Å². The summed E-state index contributed by atoms with van der Waals surface area (Å²) in [5, 5.41) is 0. The average molecular weight is 473 g/mol. The molecule has 1 fully saturated rings. The minimum absolute atomic E-state index is 0.0284. The van der Waals surface area contributed by atoms with Crippen molar-refractivity contribution in [1.29, 1.82) is 0 Å². The van der Waals surface area contributed by atoms with Crippen LogP contribution in [0.3, 0.4) is 0 Å². The first kappa shape index (κ1) is 24.0. The Morgan fingerprint density at radius 2 is 1.20 bits per heavy atom. The molecule has 3 aromatic carbocycles. The van der Waals surface area contributed by atoms with E-state index in [1.54, 1.807) is 41.0 Å². The van der Waals surface area contributed by atoms with E-state index in [9.17, 15) is 14.4 Å². The minimum atomic E-state index is -0.779. The molecule has 0 aromatic heterocycles. The molecule has 1 aliphatic heterocycles. The van der Waals surface area contributed by atoms with Gasteiger partial charge >= 0.3 is 6.16 Å². The second-order valence-corrected chi connectivity index (χ2v) is 8.19. The molecule has 1 saturated heterocycles. The van der Waals surface area contributed by atoms with Crippen LogP contribution in [0.4, 0.5) is 4.79 Å². The smallest absolute Gasteiger partial charge is 0.434 e. The van der Waals surface area contributed by atoms with Crippen molar-refractivity contribution in [3.05, 3.63) is 90.0 Å². The molecule has 0 N–H and O–H groups in total. The van der Waals surface area contributed by atoms with E-state index in [0.29, 0.717) is 49.5 Å². The van der Waals surface area contributed by atoms with Crippen LogP contribution in [0.25, 0.3) is 11.1 Å². The molecule has 0 spiro atoms. The molecule has 3 aromatic rings. The Balaban J connectivity index is 1.35. The van der Waals surface area contributed by atoms with Gasteiger partial charge in [-0.05, 0) is 60.9 Å². The number of ether oxygens (including phenoxy) is 2. The molecule has 1 aliphatic rings. The Labute approximate surface area is 204 Å². The van der Waals surface area contributed by atoms with Crippen molar-refractivity contribution in [2.24, 2.45) is 0 Å². The molecule has 7 heteroatoms. The molecule has 1 heterocycles. The molecule has 35 heavy (non-hydrogen) atoms. The van der Waals surface area contributed by atoms with Gasteiger partial charge in [0.05, 0.1) is 6.61 Å². The summed E-state index contributed by atoms with van der Waals surface area (Å²) in [7, 11) is 0. The van der Waals surface area contributed by atoms with E-state index in [4.69, 9.17) is 9.47 Å². The van der Waals surface area contributed by atoms with Gasteiger partial charge in [-0.15, -0.1) is 0 Å². The zero-order valence-corrected chi connectivity index (χ0v) is 19.7. The predicted octanol–water partition coefficient (Wildman–Crippen LogP) is 4.88. The lowest BCUT2D eigenvalue weighted by atomic mass is 10.0. The number of rotatable bonds is 5. The van der Waals surface area contributed by atoms with E-state index >= 15 is 0 Å². The highest BCUT2D eigenvalue weighted by Gasteiger charge is 2.23. The maximum Gasteiger partial charge on any atom is 0.513 e. The molecule has 0 saturated carbocycles. The summed E-state index contributed by atoms with van der Waals surface area (Å²) in [5.41, 5.74) is 3.31. The lowest BCUT2D eigenvalue weighted by Crippen LogP contribution is -2.37. The van der Waals surface area contributed by atoms with Crippen molar-refractivity contribution in [1.82, 2.24) is 9.80 Å². The first-order valence-corrected chi connectivity index (χ1v) is 11.7. The van der Waals surface area contributed by atoms with Gasteiger partial charge in [-0.2, -0.15) is 0 Å². The lowest BCUT2D eigenvalue weighted by Gasteiger charge is -2.22. The molecule has 7 nitrogen and oxygen atoms in total. The fraction of sp³-hybridized carbons (Fsp3) is 0.250. The summed E-state index contributed by atoms with van der Waals surface area (Å²) in [5.74, 6) is 0.166. The third-order valence-corrected chi connectivity index (χ3v) is 5.87. The summed E-state index contributed by atoms with van der Waals surface area (Å²) >= 11 is 0. The van der Waals surface area contributed by atoms with Crippen LogP contribution >= 0.6 is 0 Å². The second kappa shape index (κ2) is 11.3. The molecular formula is C28H28N2O5.